The summed E-state index contributed by atoms with van der Waals surface area (Å²) in [5.74, 6) is -2.14. The van der Waals surface area contributed by atoms with E-state index in [1.165, 1.54) is 6.07 Å². The highest BCUT2D eigenvalue weighted by atomic mass is 19.4. The van der Waals surface area contributed by atoms with E-state index in [1.54, 1.807) is 0 Å². The van der Waals surface area contributed by atoms with Crippen LogP contribution in [0.4, 0.5) is 22.0 Å². The second-order valence-electron chi connectivity index (χ2n) is 3.85. The molecule has 1 aromatic carbocycles. The molecule has 0 aliphatic rings. The van der Waals surface area contributed by atoms with Crippen molar-refractivity contribution < 1.29 is 27.1 Å². The van der Waals surface area contributed by atoms with Gasteiger partial charge in [-0.05, 0) is 12.1 Å². The maximum atomic E-state index is 12.8. The minimum Gasteiger partial charge on any atom is -0.505 e. The van der Waals surface area contributed by atoms with Gasteiger partial charge in [0.15, 0.2) is 5.75 Å². The number of aromatic nitrogens is 3. The Kier molecular flexibility index (Phi) is 3.51. The van der Waals surface area contributed by atoms with Crippen LogP contribution in [0.15, 0.2) is 18.5 Å². The van der Waals surface area contributed by atoms with Crippen molar-refractivity contribution >= 4 is 0 Å². The predicted octanol–water partition coefficient (Wildman–Crippen LogP) is 2.80. The summed E-state index contributed by atoms with van der Waals surface area (Å²) in [4.78, 5) is 3.21. The Bertz CT molecular complexity index is 716. The molecular weight excluding hydrogens is 299 g/mol. The summed E-state index contributed by atoms with van der Waals surface area (Å²) in [6.07, 6.45) is -7.22. The van der Waals surface area contributed by atoms with Gasteiger partial charge in [0, 0.05) is 0 Å². The van der Waals surface area contributed by atoms with Gasteiger partial charge in [0.1, 0.15) is 17.6 Å². The number of nitrogens with zero attached hydrogens (tertiary/aromatic N) is 4. The first-order valence-corrected chi connectivity index (χ1v) is 5.28. The lowest BCUT2D eigenvalue weighted by molar-refractivity contribution is -0.138. The van der Waals surface area contributed by atoms with E-state index in [0.717, 1.165) is 12.4 Å². The van der Waals surface area contributed by atoms with E-state index in [0.29, 0.717) is 10.7 Å². The third-order valence-electron chi connectivity index (χ3n) is 2.48. The molecule has 0 saturated heterocycles. The lowest BCUT2D eigenvalue weighted by atomic mass is 10.1. The average Bonchev–Trinajstić information content (AvgIpc) is 2.87. The van der Waals surface area contributed by atoms with Gasteiger partial charge in [-0.1, -0.05) is 0 Å². The number of benzene rings is 1. The molecule has 0 unspecified atom stereocenters. The van der Waals surface area contributed by atoms with Gasteiger partial charge in [-0.3, -0.25) is 0 Å². The SMILES string of the molecule is N#Cc1cc(-n2cnc(C(F)F)n2)c(O)c(C(F)(F)F)c1. The molecule has 0 aliphatic heterocycles. The molecular formula is C11H5F5N4O. The van der Waals surface area contributed by atoms with E-state index >= 15 is 0 Å². The van der Waals surface area contributed by atoms with Crippen LogP contribution < -0.4 is 0 Å². The standard InChI is InChI=1S/C11H5F5N4O/c12-9(13)10-18-4-20(19-10)7-2-5(3-17)1-6(8(7)21)11(14,15)16/h1-2,4,9,21H. The van der Waals surface area contributed by atoms with E-state index in [1.807, 2.05) is 0 Å². The van der Waals surface area contributed by atoms with Crippen LogP contribution in [0.1, 0.15) is 23.4 Å². The topological polar surface area (TPSA) is 74.7 Å². The zero-order chi connectivity index (χ0) is 15.8. The Labute approximate surface area is 113 Å². The first-order valence-electron chi connectivity index (χ1n) is 5.28. The zero-order valence-electron chi connectivity index (χ0n) is 9.94. The van der Waals surface area contributed by atoms with Crippen molar-refractivity contribution in [2.75, 3.05) is 0 Å². The lowest BCUT2D eigenvalue weighted by Crippen LogP contribution is -2.08. The summed E-state index contributed by atoms with van der Waals surface area (Å²) in [7, 11) is 0. The minimum absolute atomic E-state index is 0.413. The third kappa shape index (κ3) is 2.76. The first kappa shape index (κ1) is 14.7. The van der Waals surface area contributed by atoms with Gasteiger partial charge in [0.25, 0.3) is 6.43 Å². The number of rotatable bonds is 2. The van der Waals surface area contributed by atoms with Crippen LogP contribution in [0.25, 0.3) is 5.69 Å². The van der Waals surface area contributed by atoms with Crippen LogP contribution in [0.5, 0.6) is 5.75 Å². The molecule has 10 heteroatoms. The molecule has 0 spiro atoms. The maximum absolute atomic E-state index is 12.8. The maximum Gasteiger partial charge on any atom is 0.420 e. The summed E-state index contributed by atoms with van der Waals surface area (Å²) in [5.41, 5.74) is -2.45. The molecule has 1 aromatic heterocycles. The van der Waals surface area contributed by atoms with Gasteiger partial charge in [-0.2, -0.15) is 18.4 Å². The van der Waals surface area contributed by atoms with Crippen molar-refractivity contribution in [3.8, 4) is 17.5 Å². The molecule has 1 heterocycles. The fourth-order valence-corrected chi connectivity index (χ4v) is 1.57. The Morgan fingerprint density at radius 2 is 1.95 bits per heavy atom. The smallest absolute Gasteiger partial charge is 0.420 e. The van der Waals surface area contributed by atoms with Crippen molar-refractivity contribution in [2.45, 2.75) is 12.6 Å². The first-order chi connectivity index (χ1) is 9.74. The minimum atomic E-state index is -4.92. The number of hydrogen-bond donors (Lipinski definition) is 1. The third-order valence-corrected chi connectivity index (χ3v) is 2.48. The van der Waals surface area contributed by atoms with Crippen molar-refractivity contribution in [3.63, 3.8) is 0 Å². The van der Waals surface area contributed by atoms with Gasteiger partial charge in [-0.15, -0.1) is 5.10 Å². The lowest BCUT2D eigenvalue weighted by Gasteiger charge is -2.12. The van der Waals surface area contributed by atoms with Gasteiger partial charge in [0.2, 0.25) is 5.82 Å². The zero-order valence-corrected chi connectivity index (χ0v) is 9.94. The quantitative estimate of drug-likeness (QED) is 0.866. The number of nitriles is 1. The van der Waals surface area contributed by atoms with Crippen molar-refractivity contribution in [1.82, 2.24) is 14.8 Å². The number of phenols is 1. The molecule has 0 saturated carbocycles. The van der Waals surface area contributed by atoms with Crippen LogP contribution in [-0.2, 0) is 6.18 Å². The predicted molar refractivity (Wildman–Crippen MR) is 57.7 cm³/mol. The number of phenolic OH excluding ortho intramolecular Hbond substituents is 1. The van der Waals surface area contributed by atoms with Crippen LogP contribution in [-0.4, -0.2) is 19.9 Å². The highest BCUT2D eigenvalue weighted by molar-refractivity contribution is 5.56. The highest BCUT2D eigenvalue weighted by Gasteiger charge is 2.36. The van der Waals surface area contributed by atoms with Crippen LogP contribution in [0.3, 0.4) is 0 Å². The second kappa shape index (κ2) is 5.01. The van der Waals surface area contributed by atoms with Gasteiger partial charge < -0.3 is 5.11 Å². The molecule has 1 N–H and O–H groups in total. The van der Waals surface area contributed by atoms with Crippen LogP contribution >= 0.6 is 0 Å². The molecule has 2 aromatic rings. The summed E-state index contributed by atoms with van der Waals surface area (Å²) >= 11 is 0. The molecule has 2 rings (SSSR count). The summed E-state index contributed by atoms with van der Waals surface area (Å²) in [5, 5.41) is 21.6. The fraction of sp³-hybridized carbons (Fsp3) is 0.182. The normalized spacial score (nSPS) is 11.7. The molecule has 0 radical (unpaired) electrons. The fourth-order valence-electron chi connectivity index (χ4n) is 1.57. The molecule has 0 bridgehead atoms. The van der Waals surface area contributed by atoms with Crippen molar-refractivity contribution in [1.29, 1.82) is 5.26 Å². The number of halogens is 5. The van der Waals surface area contributed by atoms with Gasteiger partial charge in [-0.25, -0.2) is 18.4 Å². The highest BCUT2D eigenvalue weighted by Crippen LogP contribution is 2.39. The summed E-state index contributed by atoms with van der Waals surface area (Å²) in [6.45, 7) is 0. The van der Waals surface area contributed by atoms with E-state index in [2.05, 4.69) is 10.1 Å². The van der Waals surface area contributed by atoms with E-state index in [-0.39, 0.29) is 0 Å². The molecule has 21 heavy (non-hydrogen) atoms. The van der Waals surface area contributed by atoms with E-state index in [9.17, 15) is 27.1 Å². The molecule has 0 atom stereocenters. The monoisotopic (exact) mass is 304 g/mol. The number of aromatic hydroxyl groups is 1. The summed E-state index contributed by atoms with van der Waals surface area (Å²) in [6, 6.07) is 2.82. The Morgan fingerprint density at radius 1 is 1.29 bits per heavy atom. The number of hydrogen-bond acceptors (Lipinski definition) is 4. The Morgan fingerprint density at radius 3 is 2.43 bits per heavy atom. The largest absolute Gasteiger partial charge is 0.505 e. The average molecular weight is 304 g/mol. The Hall–Kier alpha value is -2.70. The molecule has 0 amide bonds. The van der Waals surface area contributed by atoms with Gasteiger partial charge in [0.05, 0.1) is 11.6 Å². The molecule has 0 aliphatic carbocycles. The molecule has 0 fully saturated rings. The molecule has 5 nitrogen and oxygen atoms in total. The van der Waals surface area contributed by atoms with Gasteiger partial charge >= 0.3 is 6.18 Å². The van der Waals surface area contributed by atoms with Crippen molar-refractivity contribution in [2.24, 2.45) is 0 Å². The second-order valence-corrected chi connectivity index (χ2v) is 3.85. The number of alkyl halides is 5. The van der Waals surface area contributed by atoms with Crippen molar-refractivity contribution in [3.05, 3.63) is 35.4 Å². The molecule has 110 valence electrons. The van der Waals surface area contributed by atoms with E-state index < -0.39 is 41.0 Å². The van der Waals surface area contributed by atoms with Crippen LogP contribution in [0.2, 0.25) is 0 Å². The summed E-state index contributed by atoms with van der Waals surface area (Å²) < 4.78 is 63.6. The Balaban J connectivity index is 2.65. The van der Waals surface area contributed by atoms with Crippen LogP contribution in [0, 0.1) is 11.3 Å². The van der Waals surface area contributed by atoms with E-state index in [4.69, 9.17) is 5.26 Å².